The van der Waals surface area contributed by atoms with E-state index in [1.54, 1.807) is 6.07 Å². The van der Waals surface area contributed by atoms with Gasteiger partial charge < -0.3 is 9.64 Å². The van der Waals surface area contributed by atoms with Gasteiger partial charge in [-0.05, 0) is 24.1 Å². The zero-order valence-corrected chi connectivity index (χ0v) is 10.6. The average molecular weight is 244 g/mol. The first-order valence-electron chi connectivity index (χ1n) is 5.98. The summed E-state index contributed by atoms with van der Waals surface area (Å²) in [6.45, 7) is 3.52. The Bertz CT molecular complexity index is 493. The molecule has 1 saturated heterocycles. The van der Waals surface area contributed by atoms with Crippen molar-refractivity contribution in [3.05, 3.63) is 29.8 Å². The lowest BCUT2D eigenvalue weighted by Gasteiger charge is -2.18. The van der Waals surface area contributed by atoms with E-state index in [-0.39, 0.29) is 17.8 Å². The molecule has 0 radical (unpaired) electrons. The fourth-order valence-electron chi connectivity index (χ4n) is 2.41. The van der Waals surface area contributed by atoms with Crippen molar-refractivity contribution in [1.82, 2.24) is 0 Å². The molecule has 0 aliphatic carbocycles. The van der Waals surface area contributed by atoms with Gasteiger partial charge in [0.2, 0.25) is 0 Å². The summed E-state index contributed by atoms with van der Waals surface area (Å²) in [4.78, 5) is 13.8. The minimum absolute atomic E-state index is 0.0826. The number of hydrogen-bond acceptors (Lipinski definition) is 4. The van der Waals surface area contributed by atoms with Gasteiger partial charge in [-0.1, -0.05) is 13.0 Å². The summed E-state index contributed by atoms with van der Waals surface area (Å²) in [7, 11) is 1.42. The van der Waals surface area contributed by atoms with Gasteiger partial charge in [0.05, 0.1) is 24.7 Å². The predicted molar refractivity (Wildman–Crippen MR) is 68.0 cm³/mol. The minimum atomic E-state index is -0.151. The first kappa shape index (κ1) is 12.4. The van der Waals surface area contributed by atoms with E-state index in [0.29, 0.717) is 12.1 Å². The second kappa shape index (κ2) is 5.09. The highest BCUT2D eigenvalue weighted by atomic mass is 16.5. The fourth-order valence-corrected chi connectivity index (χ4v) is 2.41. The van der Waals surface area contributed by atoms with Gasteiger partial charge in [0.1, 0.15) is 0 Å². The molecule has 0 bridgehead atoms. The van der Waals surface area contributed by atoms with Crippen molar-refractivity contribution in [1.29, 1.82) is 5.26 Å². The topological polar surface area (TPSA) is 53.3 Å². The van der Waals surface area contributed by atoms with Crippen LogP contribution in [-0.4, -0.2) is 26.2 Å². The number of carbonyl (C=O) groups is 1. The lowest BCUT2D eigenvalue weighted by Crippen LogP contribution is -2.24. The number of rotatable bonds is 2. The third kappa shape index (κ3) is 2.30. The van der Waals surface area contributed by atoms with Gasteiger partial charge in [-0.3, -0.25) is 4.79 Å². The maximum absolute atomic E-state index is 11.6. The number of ether oxygens (including phenoxy) is 1. The van der Waals surface area contributed by atoms with E-state index in [4.69, 9.17) is 10.00 Å². The molecule has 4 nitrogen and oxygen atoms in total. The molecule has 1 aliphatic rings. The third-order valence-electron chi connectivity index (χ3n) is 3.46. The summed E-state index contributed by atoms with van der Waals surface area (Å²) < 4.78 is 4.82. The SMILES string of the molecule is COC(=O)C1CN(c2cccc(C#N)c2)CC1C. The summed E-state index contributed by atoms with van der Waals surface area (Å²) in [5.41, 5.74) is 1.63. The molecule has 0 amide bonds. The predicted octanol–water partition coefficient (Wildman–Crippen LogP) is 1.80. The quantitative estimate of drug-likeness (QED) is 0.744. The molecule has 1 fully saturated rings. The van der Waals surface area contributed by atoms with Crippen LogP contribution in [0.5, 0.6) is 0 Å². The van der Waals surface area contributed by atoms with Crippen LogP contribution in [0.3, 0.4) is 0 Å². The van der Waals surface area contributed by atoms with Crippen molar-refractivity contribution in [3.8, 4) is 6.07 Å². The molecule has 94 valence electrons. The lowest BCUT2D eigenvalue weighted by atomic mass is 9.99. The normalized spacial score (nSPS) is 22.6. The van der Waals surface area contributed by atoms with E-state index < -0.39 is 0 Å². The summed E-state index contributed by atoms with van der Waals surface area (Å²) in [6.07, 6.45) is 0. The molecule has 1 heterocycles. The Hall–Kier alpha value is -2.02. The standard InChI is InChI=1S/C14H16N2O2/c1-10-8-16(9-13(10)14(17)18-2)12-5-3-4-11(6-12)7-15/h3-6,10,13H,8-9H2,1-2H3. The second-order valence-corrected chi connectivity index (χ2v) is 4.67. The van der Waals surface area contributed by atoms with E-state index in [2.05, 4.69) is 17.9 Å². The average Bonchev–Trinajstić information content (AvgIpc) is 2.80. The molecule has 0 saturated carbocycles. The monoisotopic (exact) mass is 244 g/mol. The van der Waals surface area contributed by atoms with Crippen LogP contribution in [0.2, 0.25) is 0 Å². The Kier molecular flexibility index (Phi) is 3.52. The highest BCUT2D eigenvalue weighted by Gasteiger charge is 2.35. The van der Waals surface area contributed by atoms with Crippen LogP contribution < -0.4 is 4.90 Å². The minimum Gasteiger partial charge on any atom is -0.469 e. The Labute approximate surface area is 107 Å². The van der Waals surface area contributed by atoms with Crippen molar-refractivity contribution >= 4 is 11.7 Å². The van der Waals surface area contributed by atoms with Crippen LogP contribution in [0.15, 0.2) is 24.3 Å². The van der Waals surface area contributed by atoms with Crippen molar-refractivity contribution in [2.45, 2.75) is 6.92 Å². The molecule has 0 aromatic heterocycles. The fraction of sp³-hybridized carbons (Fsp3) is 0.429. The third-order valence-corrected chi connectivity index (χ3v) is 3.46. The van der Waals surface area contributed by atoms with Gasteiger partial charge in [0.15, 0.2) is 0 Å². The number of methoxy groups -OCH3 is 1. The highest BCUT2D eigenvalue weighted by Crippen LogP contribution is 2.29. The van der Waals surface area contributed by atoms with Gasteiger partial charge >= 0.3 is 5.97 Å². The van der Waals surface area contributed by atoms with Gasteiger partial charge in [0.25, 0.3) is 0 Å². The summed E-state index contributed by atoms with van der Waals surface area (Å²) in [6, 6.07) is 9.59. The Morgan fingerprint density at radius 3 is 2.94 bits per heavy atom. The molecular formula is C14H16N2O2. The second-order valence-electron chi connectivity index (χ2n) is 4.67. The highest BCUT2D eigenvalue weighted by molar-refractivity contribution is 5.74. The first-order chi connectivity index (χ1) is 8.65. The molecule has 0 spiro atoms. The summed E-state index contributed by atoms with van der Waals surface area (Å²) in [5.74, 6) is 0.0328. The number of carbonyl (C=O) groups excluding carboxylic acids is 1. The molecule has 2 atom stereocenters. The molecule has 2 unspecified atom stereocenters. The van der Waals surface area contributed by atoms with E-state index in [1.165, 1.54) is 7.11 Å². The number of esters is 1. The Balaban J connectivity index is 2.17. The number of hydrogen-bond donors (Lipinski definition) is 0. The maximum Gasteiger partial charge on any atom is 0.310 e. The van der Waals surface area contributed by atoms with Crippen LogP contribution in [0.1, 0.15) is 12.5 Å². The van der Waals surface area contributed by atoms with Crippen molar-refractivity contribution in [2.24, 2.45) is 11.8 Å². The molecule has 4 heteroatoms. The van der Waals surface area contributed by atoms with E-state index >= 15 is 0 Å². The van der Waals surface area contributed by atoms with E-state index in [9.17, 15) is 4.79 Å². The number of benzene rings is 1. The zero-order valence-electron chi connectivity index (χ0n) is 10.6. The molecule has 1 aliphatic heterocycles. The van der Waals surface area contributed by atoms with Gasteiger partial charge in [-0.2, -0.15) is 5.26 Å². The van der Waals surface area contributed by atoms with E-state index in [0.717, 1.165) is 12.2 Å². The number of anilines is 1. The number of nitriles is 1. The van der Waals surface area contributed by atoms with Crippen LogP contribution in [-0.2, 0) is 9.53 Å². The maximum atomic E-state index is 11.6. The van der Waals surface area contributed by atoms with E-state index in [1.807, 2.05) is 18.2 Å². The van der Waals surface area contributed by atoms with Gasteiger partial charge in [-0.15, -0.1) is 0 Å². The van der Waals surface area contributed by atoms with Gasteiger partial charge in [-0.25, -0.2) is 0 Å². The molecule has 2 rings (SSSR count). The lowest BCUT2D eigenvalue weighted by molar-refractivity contribution is -0.145. The van der Waals surface area contributed by atoms with Gasteiger partial charge in [0, 0.05) is 18.8 Å². The number of nitrogens with zero attached hydrogens (tertiary/aromatic N) is 2. The van der Waals surface area contributed by atoms with Crippen molar-refractivity contribution in [3.63, 3.8) is 0 Å². The van der Waals surface area contributed by atoms with Crippen molar-refractivity contribution in [2.75, 3.05) is 25.1 Å². The zero-order chi connectivity index (χ0) is 13.1. The molecule has 1 aromatic rings. The smallest absolute Gasteiger partial charge is 0.310 e. The Morgan fingerprint density at radius 2 is 2.28 bits per heavy atom. The van der Waals surface area contributed by atoms with Crippen LogP contribution in [0.25, 0.3) is 0 Å². The molecular weight excluding hydrogens is 228 g/mol. The van der Waals surface area contributed by atoms with Crippen molar-refractivity contribution < 1.29 is 9.53 Å². The molecule has 1 aromatic carbocycles. The van der Waals surface area contributed by atoms with Crippen LogP contribution in [0, 0.1) is 23.2 Å². The van der Waals surface area contributed by atoms with Crippen LogP contribution in [0.4, 0.5) is 5.69 Å². The van der Waals surface area contributed by atoms with Crippen LogP contribution >= 0.6 is 0 Å². The summed E-state index contributed by atoms with van der Waals surface area (Å²) >= 11 is 0. The first-order valence-corrected chi connectivity index (χ1v) is 5.98. The summed E-state index contributed by atoms with van der Waals surface area (Å²) in [5, 5.41) is 8.89. The Morgan fingerprint density at radius 1 is 1.50 bits per heavy atom. The molecule has 0 N–H and O–H groups in total. The molecule has 18 heavy (non-hydrogen) atoms. The largest absolute Gasteiger partial charge is 0.469 e.